The van der Waals surface area contributed by atoms with Gasteiger partial charge in [-0.2, -0.15) is 0 Å². The quantitative estimate of drug-likeness (QED) is 0.801. The second-order valence-electron chi connectivity index (χ2n) is 4.28. The predicted molar refractivity (Wildman–Crippen MR) is 59.3 cm³/mol. The van der Waals surface area contributed by atoms with Crippen LogP contribution >= 0.6 is 0 Å². The first-order valence-electron chi connectivity index (χ1n) is 5.11. The number of rotatable bonds is 5. The summed E-state index contributed by atoms with van der Waals surface area (Å²) in [5, 5.41) is 0. The van der Waals surface area contributed by atoms with Gasteiger partial charge in [-0.3, -0.25) is 0 Å². The molecule has 0 fully saturated rings. The SMILES string of the molecule is COC(C)(C)CCC(N)c1cncnc1. The molecule has 0 aliphatic rings. The second-order valence-corrected chi connectivity index (χ2v) is 4.28. The Balaban J connectivity index is 2.47. The molecule has 1 aromatic rings. The third-order valence-corrected chi connectivity index (χ3v) is 2.62. The van der Waals surface area contributed by atoms with Crippen molar-refractivity contribution in [1.82, 2.24) is 9.97 Å². The zero-order valence-corrected chi connectivity index (χ0v) is 9.60. The summed E-state index contributed by atoms with van der Waals surface area (Å²) in [4.78, 5) is 7.90. The molecule has 84 valence electrons. The molecule has 0 bridgehead atoms. The van der Waals surface area contributed by atoms with Gasteiger partial charge in [-0.25, -0.2) is 9.97 Å². The zero-order chi connectivity index (χ0) is 11.3. The summed E-state index contributed by atoms with van der Waals surface area (Å²) in [5.41, 5.74) is 6.88. The van der Waals surface area contributed by atoms with Crippen LogP contribution in [-0.4, -0.2) is 22.7 Å². The number of nitrogens with zero attached hydrogens (tertiary/aromatic N) is 2. The van der Waals surface area contributed by atoms with Crippen LogP contribution in [0.2, 0.25) is 0 Å². The molecule has 1 unspecified atom stereocenters. The van der Waals surface area contributed by atoms with Gasteiger partial charge in [0.25, 0.3) is 0 Å². The van der Waals surface area contributed by atoms with Crippen molar-refractivity contribution in [3.63, 3.8) is 0 Å². The molecule has 0 radical (unpaired) electrons. The number of aromatic nitrogens is 2. The molecule has 0 saturated heterocycles. The van der Waals surface area contributed by atoms with Gasteiger partial charge in [-0.1, -0.05) is 0 Å². The first-order valence-corrected chi connectivity index (χ1v) is 5.11. The number of nitrogens with two attached hydrogens (primary N) is 1. The maximum absolute atomic E-state index is 6.02. The van der Waals surface area contributed by atoms with Crippen LogP contribution in [0.3, 0.4) is 0 Å². The first kappa shape index (κ1) is 12.1. The summed E-state index contributed by atoms with van der Waals surface area (Å²) < 4.78 is 5.34. The summed E-state index contributed by atoms with van der Waals surface area (Å²) >= 11 is 0. The molecule has 1 heterocycles. The van der Waals surface area contributed by atoms with E-state index in [-0.39, 0.29) is 11.6 Å². The number of ether oxygens (including phenoxy) is 1. The number of hydrogen-bond donors (Lipinski definition) is 1. The van der Waals surface area contributed by atoms with E-state index in [2.05, 4.69) is 23.8 Å². The van der Waals surface area contributed by atoms with Crippen molar-refractivity contribution in [3.8, 4) is 0 Å². The van der Waals surface area contributed by atoms with Crippen LogP contribution in [-0.2, 0) is 4.74 Å². The molecule has 0 aliphatic carbocycles. The van der Waals surface area contributed by atoms with Gasteiger partial charge < -0.3 is 10.5 Å². The predicted octanol–water partition coefficient (Wildman–Crippen LogP) is 1.68. The molecule has 0 aliphatic heterocycles. The van der Waals surface area contributed by atoms with Crippen molar-refractivity contribution in [2.24, 2.45) is 5.73 Å². The lowest BCUT2D eigenvalue weighted by Gasteiger charge is -2.24. The van der Waals surface area contributed by atoms with Gasteiger partial charge in [0.2, 0.25) is 0 Å². The molecule has 1 aromatic heterocycles. The van der Waals surface area contributed by atoms with Gasteiger partial charge >= 0.3 is 0 Å². The summed E-state index contributed by atoms with van der Waals surface area (Å²) in [6, 6.07) is -0.0133. The van der Waals surface area contributed by atoms with Gasteiger partial charge in [0.15, 0.2) is 0 Å². The fraction of sp³-hybridized carbons (Fsp3) is 0.636. The third-order valence-electron chi connectivity index (χ3n) is 2.62. The van der Waals surface area contributed by atoms with Crippen LogP contribution in [0.25, 0.3) is 0 Å². The Hall–Kier alpha value is -1.00. The average molecular weight is 209 g/mol. The van der Waals surface area contributed by atoms with Crippen molar-refractivity contribution >= 4 is 0 Å². The average Bonchev–Trinajstić information content (AvgIpc) is 2.27. The first-order chi connectivity index (χ1) is 7.05. The van der Waals surface area contributed by atoms with Crippen molar-refractivity contribution in [2.75, 3.05) is 7.11 Å². The van der Waals surface area contributed by atoms with Crippen LogP contribution < -0.4 is 5.73 Å². The largest absolute Gasteiger partial charge is 0.379 e. The van der Waals surface area contributed by atoms with Crippen molar-refractivity contribution in [3.05, 3.63) is 24.3 Å². The highest BCUT2D eigenvalue weighted by molar-refractivity contribution is 5.08. The minimum absolute atomic E-state index is 0.0133. The minimum atomic E-state index is -0.118. The Labute approximate surface area is 90.9 Å². The lowest BCUT2D eigenvalue weighted by Crippen LogP contribution is -2.24. The van der Waals surface area contributed by atoms with E-state index in [9.17, 15) is 0 Å². The normalized spacial score (nSPS) is 13.9. The highest BCUT2D eigenvalue weighted by Gasteiger charge is 2.18. The zero-order valence-electron chi connectivity index (χ0n) is 9.60. The Morgan fingerprint density at radius 2 is 2.00 bits per heavy atom. The van der Waals surface area contributed by atoms with E-state index < -0.39 is 0 Å². The standard InChI is InChI=1S/C11H19N3O/c1-11(2,15-3)5-4-10(12)9-6-13-8-14-7-9/h6-8,10H,4-5,12H2,1-3H3. The van der Waals surface area contributed by atoms with Crippen LogP contribution in [0.1, 0.15) is 38.3 Å². The maximum Gasteiger partial charge on any atom is 0.115 e. The van der Waals surface area contributed by atoms with E-state index in [1.165, 1.54) is 6.33 Å². The van der Waals surface area contributed by atoms with Crippen LogP contribution in [0.5, 0.6) is 0 Å². The molecule has 1 rings (SSSR count). The highest BCUT2D eigenvalue weighted by atomic mass is 16.5. The molecule has 0 saturated carbocycles. The fourth-order valence-corrected chi connectivity index (χ4v) is 1.27. The van der Waals surface area contributed by atoms with E-state index in [1.54, 1.807) is 19.5 Å². The van der Waals surface area contributed by atoms with E-state index >= 15 is 0 Å². The summed E-state index contributed by atoms with van der Waals surface area (Å²) in [5.74, 6) is 0. The van der Waals surface area contributed by atoms with E-state index in [1.807, 2.05) is 0 Å². The number of methoxy groups -OCH3 is 1. The molecule has 4 heteroatoms. The van der Waals surface area contributed by atoms with Crippen LogP contribution in [0.15, 0.2) is 18.7 Å². The Morgan fingerprint density at radius 3 is 2.53 bits per heavy atom. The Bertz CT molecular complexity index is 287. The molecule has 2 N–H and O–H groups in total. The van der Waals surface area contributed by atoms with Crippen LogP contribution in [0.4, 0.5) is 0 Å². The third kappa shape index (κ3) is 3.93. The fourth-order valence-electron chi connectivity index (χ4n) is 1.27. The molecule has 1 atom stereocenters. The van der Waals surface area contributed by atoms with E-state index in [4.69, 9.17) is 10.5 Å². The Morgan fingerprint density at radius 1 is 1.40 bits per heavy atom. The van der Waals surface area contributed by atoms with Gasteiger partial charge in [-0.05, 0) is 26.7 Å². The topological polar surface area (TPSA) is 61.0 Å². The monoisotopic (exact) mass is 209 g/mol. The molecular weight excluding hydrogens is 190 g/mol. The Kier molecular flexibility index (Phi) is 4.17. The lowest BCUT2D eigenvalue weighted by atomic mass is 9.97. The smallest absolute Gasteiger partial charge is 0.115 e. The molecule has 0 aromatic carbocycles. The molecule has 0 amide bonds. The summed E-state index contributed by atoms with van der Waals surface area (Å²) in [7, 11) is 1.72. The minimum Gasteiger partial charge on any atom is -0.379 e. The van der Waals surface area contributed by atoms with E-state index in [0.717, 1.165) is 18.4 Å². The van der Waals surface area contributed by atoms with Gasteiger partial charge in [0.05, 0.1) is 5.60 Å². The summed E-state index contributed by atoms with van der Waals surface area (Å²) in [6.07, 6.45) is 6.82. The molecule has 0 spiro atoms. The van der Waals surface area contributed by atoms with Crippen LogP contribution in [0, 0.1) is 0 Å². The van der Waals surface area contributed by atoms with Crippen molar-refractivity contribution < 1.29 is 4.74 Å². The van der Waals surface area contributed by atoms with Crippen molar-refractivity contribution in [1.29, 1.82) is 0 Å². The van der Waals surface area contributed by atoms with Gasteiger partial charge in [-0.15, -0.1) is 0 Å². The molecule has 4 nitrogen and oxygen atoms in total. The summed E-state index contributed by atoms with van der Waals surface area (Å²) in [6.45, 7) is 4.11. The highest BCUT2D eigenvalue weighted by Crippen LogP contribution is 2.21. The van der Waals surface area contributed by atoms with E-state index in [0.29, 0.717) is 0 Å². The molecule has 15 heavy (non-hydrogen) atoms. The van der Waals surface area contributed by atoms with Gasteiger partial charge in [0, 0.05) is 31.1 Å². The second kappa shape index (κ2) is 5.19. The maximum atomic E-state index is 6.02. The lowest BCUT2D eigenvalue weighted by molar-refractivity contribution is 0.0125. The number of hydrogen-bond acceptors (Lipinski definition) is 4. The van der Waals surface area contributed by atoms with Gasteiger partial charge in [0.1, 0.15) is 6.33 Å². The van der Waals surface area contributed by atoms with Crippen molar-refractivity contribution in [2.45, 2.75) is 38.3 Å². The molecular formula is C11H19N3O.